The molecule has 1 saturated carbocycles. The minimum atomic E-state index is -4.71. The standard InChI is InChI=1S/C18H19ClF4N2O4/c1-10(25-17(27)11-6-13(7-11)29-18(21,22)23)4-5-24-16(26)9-28-12-2-3-14(19)15(20)8-12/h2-3,8,11,13H,1,4-7,9H2,(H,24,26)(H,25,27)/t11-,13+. The number of ether oxygens (including phenoxy) is 2. The lowest BCUT2D eigenvalue weighted by molar-refractivity contribution is -0.353. The highest BCUT2D eigenvalue weighted by Crippen LogP contribution is 2.34. The van der Waals surface area contributed by atoms with E-state index in [9.17, 15) is 27.2 Å². The Morgan fingerprint density at radius 2 is 1.97 bits per heavy atom. The molecule has 0 unspecified atom stereocenters. The summed E-state index contributed by atoms with van der Waals surface area (Å²) in [5.74, 6) is -1.99. The normalized spacial score (nSPS) is 18.5. The first-order valence-electron chi connectivity index (χ1n) is 8.61. The molecule has 1 aromatic carbocycles. The van der Waals surface area contributed by atoms with Crippen LogP contribution in [0.4, 0.5) is 17.6 Å². The molecule has 0 aliphatic heterocycles. The highest BCUT2D eigenvalue weighted by atomic mass is 35.5. The van der Waals surface area contributed by atoms with Gasteiger partial charge in [0.25, 0.3) is 5.91 Å². The van der Waals surface area contributed by atoms with Gasteiger partial charge in [0.15, 0.2) is 6.61 Å². The van der Waals surface area contributed by atoms with Crippen molar-refractivity contribution in [2.75, 3.05) is 13.2 Å². The highest BCUT2D eigenvalue weighted by molar-refractivity contribution is 6.30. The summed E-state index contributed by atoms with van der Waals surface area (Å²) in [5, 5.41) is 4.97. The van der Waals surface area contributed by atoms with E-state index in [0.717, 1.165) is 6.07 Å². The summed E-state index contributed by atoms with van der Waals surface area (Å²) in [6.45, 7) is 3.45. The number of hydrogen-bond acceptors (Lipinski definition) is 4. The quantitative estimate of drug-likeness (QED) is 0.580. The molecule has 1 aliphatic carbocycles. The molecular formula is C18H19ClF4N2O4. The van der Waals surface area contributed by atoms with E-state index in [0.29, 0.717) is 5.70 Å². The first kappa shape index (κ1) is 23.0. The van der Waals surface area contributed by atoms with Gasteiger partial charge in [-0.2, -0.15) is 0 Å². The number of halogens is 5. The van der Waals surface area contributed by atoms with Crippen LogP contribution in [0.3, 0.4) is 0 Å². The largest absolute Gasteiger partial charge is 0.522 e. The van der Waals surface area contributed by atoms with E-state index >= 15 is 0 Å². The van der Waals surface area contributed by atoms with Gasteiger partial charge in [0.2, 0.25) is 5.91 Å². The Morgan fingerprint density at radius 3 is 2.59 bits per heavy atom. The van der Waals surface area contributed by atoms with Gasteiger partial charge in [0, 0.05) is 30.6 Å². The maximum Gasteiger partial charge on any atom is 0.522 e. The Hall–Kier alpha value is -2.33. The minimum absolute atomic E-state index is 0.0159. The second kappa shape index (κ2) is 9.93. The summed E-state index contributed by atoms with van der Waals surface area (Å²) in [4.78, 5) is 23.6. The molecule has 0 bridgehead atoms. The maximum atomic E-state index is 13.3. The van der Waals surface area contributed by atoms with Crippen LogP contribution in [-0.4, -0.2) is 37.4 Å². The van der Waals surface area contributed by atoms with Crippen molar-refractivity contribution in [3.63, 3.8) is 0 Å². The van der Waals surface area contributed by atoms with E-state index in [2.05, 4.69) is 21.9 Å². The third-order valence-electron chi connectivity index (χ3n) is 4.08. The van der Waals surface area contributed by atoms with Crippen molar-refractivity contribution < 1.29 is 36.6 Å². The second-order valence-electron chi connectivity index (χ2n) is 6.41. The molecule has 1 fully saturated rings. The fourth-order valence-electron chi connectivity index (χ4n) is 2.52. The molecule has 2 N–H and O–H groups in total. The zero-order valence-corrected chi connectivity index (χ0v) is 15.9. The zero-order valence-electron chi connectivity index (χ0n) is 15.2. The first-order valence-corrected chi connectivity index (χ1v) is 8.99. The van der Waals surface area contributed by atoms with Gasteiger partial charge >= 0.3 is 6.36 Å². The molecule has 6 nitrogen and oxygen atoms in total. The summed E-state index contributed by atoms with van der Waals surface area (Å²) in [6.07, 6.45) is -5.52. The molecule has 29 heavy (non-hydrogen) atoms. The van der Waals surface area contributed by atoms with Gasteiger partial charge in [0.05, 0.1) is 11.1 Å². The molecule has 0 radical (unpaired) electrons. The molecule has 2 rings (SSSR count). The van der Waals surface area contributed by atoms with E-state index < -0.39 is 36.0 Å². The van der Waals surface area contributed by atoms with Crippen LogP contribution in [0.1, 0.15) is 19.3 Å². The van der Waals surface area contributed by atoms with Crippen molar-refractivity contribution in [3.8, 4) is 5.75 Å². The molecule has 11 heteroatoms. The fourth-order valence-corrected chi connectivity index (χ4v) is 2.64. The van der Waals surface area contributed by atoms with Crippen molar-refractivity contribution in [3.05, 3.63) is 41.3 Å². The van der Waals surface area contributed by atoms with Gasteiger partial charge in [-0.1, -0.05) is 18.2 Å². The van der Waals surface area contributed by atoms with Gasteiger partial charge < -0.3 is 15.4 Å². The number of carbonyl (C=O) groups excluding carboxylic acids is 2. The predicted octanol–water partition coefficient (Wildman–Crippen LogP) is 3.31. The molecule has 1 aliphatic rings. The van der Waals surface area contributed by atoms with Crippen LogP contribution in [-0.2, 0) is 14.3 Å². The molecule has 2 amide bonds. The lowest BCUT2D eigenvalue weighted by Crippen LogP contribution is -2.44. The number of nitrogens with one attached hydrogen (secondary N) is 2. The number of alkyl halides is 3. The van der Waals surface area contributed by atoms with Gasteiger partial charge in [-0.05, 0) is 25.0 Å². The van der Waals surface area contributed by atoms with E-state index in [4.69, 9.17) is 16.3 Å². The molecular weight excluding hydrogens is 420 g/mol. The van der Waals surface area contributed by atoms with Crippen molar-refractivity contribution in [2.24, 2.45) is 5.92 Å². The van der Waals surface area contributed by atoms with Gasteiger partial charge in [0.1, 0.15) is 11.6 Å². The van der Waals surface area contributed by atoms with Crippen LogP contribution < -0.4 is 15.4 Å². The van der Waals surface area contributed by atoms with Crippen molar-refractivity contribution in [1.29, 1.82) is 0 Å². The zero-order chi connectivity index (χ0) is 21.6. The monoisotopic (exact) mass is 438 g/mol. The summed E-state index contributed by atoms with van der Waals surface area (Å²) < 4.78 is 58.4. The number of benzene rings is 1. The summed E-state index contributed by atoms with van der Waals surface area (Å²) in [6, 6.07) is 3.77. The number of carbonyl (C=O) groups is 2. The Balaban J connectivity index is 1.59. The predicted molar refractivity (Wildman–Crippen MR) is 95.5 cm³/mol. The molecule has 0 saturated heterocycles. The van der Waals surface area contributed by atoms with Crippen LogP contribution in [0.5, 0.6) is 5.75 Å². The average molecular weight is 439 g/mol. The Labute approximate surface area is 169 Å². The lowest BCUT2D eigenvalue weighted by Gasteiger charge is -2.34. The summed E-state index contributed by atoms with van der Waals surface area (Å²) in [7, 11) is 0. The Bertz CT molecular complexity index is 767. The topological polar surface area (TPSA) is 76.7 Å². The molecule has 0 atom stereocenters. The van der Waals surface area contributed by atoms with E-state index in [1.807, 2.05) is 0 Å². The average Bonchev–Trinajstić information content (AvgIpc) is 2.57. The Morgan fingerprint density at radius 1 is 1.28 bits per heavy atom. The van der Waals surface area contributed by atoms with E-state index in [1.165, 1.54) is 12.1 Å². The summed E-state index contributed by atoms with van der Waals surface area (Å²) >= 11 is 5.54. The SMILES string of the molecule is C=C(CCNC(=O)COc1ccc(Cl)c(F)c1)NC(=O)[C@H]1C[C@@H](OC(F)(F)F)C1. The molecule has 0 aromatic heterocycles. The number of rotatable bonds is 9. The van der Waals surface area contributed by atoms with E-state index in [-0.39, 0.29) is 43.2 Å². The van der Waals surface area contributed by atoms with E-state index in [1.54, 1.807) is 0 Å². The molecule has 0 spiro atoms. The number of amides is 2. The van der Waals surface area contributed by atoms with Crippen molar-refractivity contribution in [1.82, 2.24) is 10.6 Å². The third-order valence-corrected chi connectivity index (χ3v) is 4.38. The van der Waals surface area contributed by atoms with Crippen LogP contribution in [0.2, 0.25) is 5.02 Å². The second-order valence-corrected chi connectivity index (χ2v) is 6.82. The van der Waals surface area contributed by atoms with Gasteiger partial charge in [-0.3, -0.25) is 14.3 Å². The lowest BCUT2D eigenvalue weighted by atomic mass is 9.81. The van der Waals surface area contributed by atoms with Gasteiger partial charge in [-0.25, -0.2) is 4.39 Å². The van der Waals surface area contributed by atoms with Crippen molar-refractivity contribution >= 4 is 23.4 Å². The molecule has 1 aromatic rings. The van der Waals surface area contributed by atoms with Crippen LogP contribution >= 0.6 is 11.6 Å². The minimum Gasteiger partial charge on any atom is -0.484 e. The Kier molecular flexibility index (Phi) is 7.86. The maximum absolute atomic E-state index is 13.3. The third kappa shape index (κ3) is 7.90. The highest BCUT2D eigenvalue weighted by Gasteiger charge is 2.42. The van der Waals surface area contributed by atoms with Crippen LogP contribution in [0.15, 0.2) is 30.5 Å². The van der Waals surface area contributed by atoms with Crippen molar-refractivity contribution in [2.45, 2.75) is 31.7 Å². The number of hydrogen-bond donors (Lipinski definition) is 2. The smallest absolute Gasteiger partial charge is 0.484 e. The first-order chi connectivity index (χ1) is 13.5. The van der Waals surface area contributed by atoms with Crippen LogP contribution in [0.25, 0.3) is 0 Å². The molecule has 160 valence electrons. The fraction of sp³-hybridized carbons (Fsp3) is 0.444. The summed E-state index contributed by atoms with van der Waals surface area (Å²) in [5.41, 5.74) is 0.316. The van der Waals surface area contributed by atoms with Crippen LogP contribution in [0, 0.1) is 11.7 Å². The van der Waals surface area contributed by atoms with Gasteiger partial charge in [-0.15, -0.1) is 13.2 Å². The molecule has 0 heterocycles.